The first-order valence-electron chi connectivity index (χ1n) is 12.4. The Morgan fingerprint density at radius 3 is 2.19 bits per heavy atom. The number of hydrogen-bond donors (Lipinski definition) is 2. The van der Waals surface area contributed by atoms with Gasteiger partial charge in [0.05, 0.1) is 6.04 Å². The van der Waals surface area contributed by atoms with Crippen LogP contribution in [0.1, 0.15) is 86.1 Å². The lowest BCUT2D eigenvalue weighted by atomic mass is 9.83. The molecule has 174 valence electrons. The smallest absolute Gasteiger partial charge is 0.0526 e. The first kappa shape index (κ1) is 24.4. The van der Waals surface area contributed by atoms with Crippen molar-refractivity contribution in [3.8, 4) is 0 Å². The van der Waals surface area contributed by atoms with Crippen molar-refractivity contribution in [1.82, 2.24) is 5.32 Å². The largest absolute Gasteiger partial charge is 0.382 e. The van der Waals surface area contributed by atoms with E-state index < -0.39 is 0 Å². The summed E-state index contributed by atoms with van der Waals surface area (Å²) in [5, 5.41) is 7.40. The van der Waals surface area contributed by atoms with Crippen LogP contribution in [0.4, 0.5) is 5.69 Å². The molecule has 2 fully saturated rings. The SMILES string of the molecule is C=C(C)NC(/C(C)=C1\CC(C)CC1C(=C)Nc1ccc(C(C)=C(C)C)cc1)C1(CC)CC1. The number of anilines is 1. The van der Waals surface area contributed by atoms with Gasteiger partial charge in [-0.05, 0) is 101 Å². The molecular weight excluding hydrogens is 388 g/mol. The molecule has 3 unspecified atom stereocenters. The number of nitrogens with one attached hydrogen (secondary N) is 2. The Kier molecular flexibility index (Phi) is 7.43. The predicted molar refractivity (Wildman–Crippen MR) is 141 cm³/mol. The fraction of sp³-hybridized carbons (Fsp3) is 0.533. The molecule has 2 nitrogen and oxygen atoms in total. The van der Waals surface area contributed by atoms with Crippen LogP contribution in [-0.4, -0.2) is 6.04 Å². The number of hydrogen-bond acceptors (Lipinski definition) is 2. The van der Waals surface area contributed by atoms with Gasteiger partial charge in [-0.15, -0.1) is 0 Å². The third-order valence-corrected chi connectivity index (χ3v) is 7.96. The van der Waals surface area contributed by atoms with E-state index in [4.69, 9.17) is 0 Å². The fourth-order valence-electron chi connectivity index (χ4n) is 5.46. The Labute approximate surface area is 197 Å². The minimum atomic E-state index is 0.395. The molecule has 0 aliphatic heterocycles. The Morgan fingerprint density at radius 1 is 1.06 bits per heavy atom. The van der Waals surface area contributed by atoms with E-state index in [1.165, 1.54) is 54.4 Å². The van der Waals surface area contributed by atoms with E-state index in [2.05, 4.69) is 96.5 Å². The maximum absolute atomic E-state index is 4.51. The highest BCUT2D eigenvalue weighted by Gasteiger charge is 2.49. The summed E-state index contributed by atoms with van der Waals surface area (Å²) in [6.45, 7) is 24.4. The van der Waals surface area contributed by atoms with Crippen molar-refractivity contribution in [3.63, 3.8) is 0 Å². The van der Waals surface area contributed by atoms with Crippen LogP contribution in [0.2, 0.25) is 0 Å². The highest BCUT2D eigenvalue weighted by Crippen LogP contribution is 2.55. The van der Waals surface area contributed by atoms with Gasteiger partial charge in [0.25, 0.3) is 0 Å². The molecule has 0 heterocycles. The van der Waals surface area contributed by atoms with Crippen LogP contribution in [0.25, 0.3) is 5.57 Å². The quantitative estimate of drug-likeness (QED) is 0.382. The molecule has 2 aliphatic rings. The van der Waals surface area contributed by atoms with Gasteiger partial charge in [0.15, 0.2) is 0 Å². The summed E-state index contributed by atoms with van der Waals surface area (Å²) in [5.41, 5.74) is 10.8. The molecule has 2 saturated carbocycles. The van der Waals surface area contributed by atoms with E-state index in [9.17, 15) is 0 Å². The van der Waals surface area contributed by atoms with Crippen molar-refractivity contribution in [3.05, 3.63) is 71.1 Å². The van der Waals surface area contributed by atoms with Crippen LogP contribution >= 0.6 is 0 Å². The second-order valence-corrected chi connectivity index (χ2v) is 10.7. The highest BCUT2D eigenvalue weighted by atomic mass is 15.0. The highest BCUT2D eigenvalue weighted by molar-refractivity contribution is 5.68. The molecule has 2 N–H and O–H groups in total. The van der Waals surface area contributed by atoms with Gasteiger partial charge in [-0.2, -0.15) is 0 Å². The Morgan fingerprint density at radius 2 is 1.69 bits per heavy atom. The number of benzene rings is 1. The van der Waals surface area contributed by atoms with Crippen LogP contribution in [0.15, 0.2) is 65.5 Å². The molecular formula is C30H44N2. The second kappa shape index (κ2) is 9.73. The average Bonchev–Trinajstić information content (AvgIpc) is 3.45. The molecule has 0 radical (unpaired) electrons. The molecule has 0 saturated heterocycles. The number of allylic oxidation sites excluding steroid dienone is 4. The minimum Gasteiger partial charge on any atom is -0.382 e. The standard InChI is InChI=1S/C30H44N2/c1-10-30(15-16-30)29(31-20(4)5)23(8)27-17-21(6)18-28(27)24(9)32-26-13-11-25(12-14-26)22(7)19(2)3/h11-14,21,28-29,31-32H,4,9-10,15-18H2,1-3,5-8H3/b27-23+. The van der Waals surface area contributed by atoms with Crippen LogP contribution in [0, 0.1) is 17.3 Å². The molecule has 3 atom stereocenters. The zero-order valence-corrected chi connectivity index (χ0v) is 21.5. The van der Waals surface area contributed by atoms with Gasteiger partial charge in [-0.1, -0.05) is 55.9 Å². The Bertz CT molecular complexity index is 920. The van der Waals surface area contributed by atoms with E-state index in [0.29, 0.717) is 23.3 Å². The molecule has 0 bridgehead atoms. The molecule has 2 heteroatoms. The van der Waals surface area contributed by atoms with E-state index >= 15 is 0 Å². The zero-order valence-electron chi connectivity index (χ0n) is 21.5. The summed E-state index contributed by atoms with van der Waals surface area (Å²) in [7, 11) is 0. The van der Waals surface area contributed by atoms with Crippen LogP contribution < -0.4 is 10.6 Å². The van der Waals surface area contributed by atoms with E-state index in [-0.39, 0.29) is 0 Å². The monoisotopic (exact) mass is 432 g/mol. The third-order valence-electron chi connectivity index (χ3n) is 7.96. The lowest BCUT2D eigenvalue weighted by molar-refractivity contribution is 0.376. The fourth-order valence-corrected chi connectivity index (χ4v) is 5.46. The van der Waals surface area contributed by atoms with Crippen molar-refractivity contribution < 1.29 is 0 Å². The average molecular weight is 433 g/mol. The lowest BCUT2D eigenvalue weighted by Gasteiger charge is -2.32. The lowest BCUT2D eigenvalue weighted by Crippen LogP contribution is -2.38. The molecule has 1 aromatic rings. The van der Waals surface area contributed by atoms with Gasteiger partial charge in [0.2, 0.25) is 0 Å². The van der Waals surface area contributed by atoms with Crippen molar-refractivity contribution in [2.75, 3.05) is 5.32 Å². The van der Waals surface area contributed by atoms with Crippen LogP contribution in [0.3, 0.4) is 0 Å². The Hall–Kier alpha value is -2.22. The van der Waals surface area contributed by atoms with E-state index in [1.807, 2.05) is 0 Å². The van der Waals surface area contributed by atoms with Gasteiger partial charge >= 0.3 is 0 Å². The van der Waals surface area contributed by atoms with Gasteiger partial charge < -0.3 is 10.6 Å². The molecule has 3 rings (SSSR count). The number of rotatable bonds is 9. The van der Waals surface area contributed by atoms with Crippen molar-refractivity contribution in [1.29, 1.82) is 0 Å². The third kappa shape index (κ3) is 5.22. The van der Waals surface area contributed by atoms with Gasteiger partial charge in [-0.25, -0.2) is 0 Å². The first-order chi connectivity index (χ1) is 15.1. The second-order valence-electron chi connectivity index (χ2n) is 10.7. The maximum Gasteiger partial charge on any atom is 0.0526 e. The van der Waals surface area contributed by atoms with E-state index in [1.54, 1.807) is 5.57 Å². The predicted octanol–water partition coefficient (Wildman–Crippen LogP) is 8.47. The van der Waals surface area contributed by atoms with Crippen molar-refractivity contribution >= 4 is 11.3 Å². The molecule has 2 aliphatic carbocycles. The first-order valence-corrected chi connectivity index (χ1v) is 12.4. The molecule has 0 spiro atoms. The van der Waals surface area contributed by atoms with E-state index in [0.717, 1.165) is 17.1 Å². The Balaban J connectivity index is 1.83. The molecule has 32 heavy (non-hydrogen) atoms. The molecule has 0 amide bonds. The van der Waals surface area contributed by atoms with Gasteiger partial charge in [0.1, 0.15) is 0 Å². The summed E-state index contributed by atoms with van der Waals surface area (Å²) in [6, 6.07) is 9.18. The summed E-state index contributed by atoms with van der Waals surface area (Å²) in [5.74, 6) is 1.08. The molecule has 1 aromatic carbocycles. The topological polar surface area (TPSA) is 24.1 Å². The van der Waals surface area contributed by atoms with Gasteiger partial charge in [-0.3, -0.25) is 0 Å². The zero-order chi connectivity index (χ0) is 23.6. The van der Waals surface area contributed by atoms with Crippen molar-refractivity contribution in [2.24, 2.45) is 17.3 Å². The summed E-state index contributed by atoms with van der Waals surface area (Å²) >= 11 is 0. The summed E-state index contributed by atoms with van der Waals surface area (Å²) in [6.07, 6.45) is 6.20. The summed E-state index contributed by atoms with van der Waals surface area (Å²) in [4.78, 5) is 0. The van der Waals surface area contributed by atoms with Crippen LogP contribution in [-0.2, 0) is 0 Å². The minimum absolute atomic E-state index is 0.395. The normalized spacial score (nSPS) is 23.8. The van der Waals surface area contributed by atoms with Crippen LogP contribution in [0.5, 0.6) is 0 Å². The van der Waals surface area contributed by atoms with Gasteiger partial charge in [0, 0.05) is 23.0 Å². The summed E-state index contributed by atoms with van der Waals surface area (Å²) < 4.78 is 0. The van der Waals surface area contributed by atoms with Crippen molar-refractivity contribution in [2.45, 2.75) is 86.6 Å². The maximum atomic E-state index is 4.51. The molecule has 0 aromatic heterocycles.